The summed E-state index contributed by atoms with van der Waals surface area (Å²) >= 11 is 1.49. The van der Waals surface area contributed by atoms with Gasteiger partial charge < -0.3 is 9.64 Å². The summed E-state index contributed by atoms with van der Waals surface area (Å²) in [4.78, 5) is 25.8. The number of ether oxygens (including phenoxy) is 1. The fourth-order valence-electron chi connectivity index (χ4n) is 1.73. The van der Waals surface area contributed by atoms with Crippen LogP contribution < -0.4 is 0 Å². The van der Waals surface area contributed by atoms with E-state index in [-0.39, 0.29) is 18.3 Å². The highest BCUT2D eigenvalue weighted by Crippen LogP contribution is 2.19. The van der Waals surface area contributed by atoms with Crippen LogP contribution in [0, 0.1) is 5.82 Å². The molecule has 0 N–H and O–H groups in total. The summed E-state index contributed by atoms with van der Waals surface area (Å²) < 4.78 is 17.4. The lowest BCUT2D eigenvalue weighted by Crippen LogP contribution is -2.36. The van der Waals surface area contributed by atoms with E-state index in [0.29, 0.717) is 18.7 Å². The fraction of sp³-hybridized carbons (Fsp3) is 0.467. The molecule has 116 valence electrons. The molecule has 0 heterocycles. The molecule has 0 aliphatic carbocycles. The molecule has 0 aliphatic heterocycles. The van der Waals surface area contributed by atoms with E-state index in [1.54, 1.807) is 12.1 Å². The van der Waals surface area contributed by atoms with Crippen LogP contribution in [-0.4, -0.2) is 42.7 Å². The van der Waals surface area contributed by atoms with Crippen molar-refractivity contribution in [2.24, 2.45) is 0 Å². The Hall–Kier alpha value is -1.56. The van der Waals surface area contributed by atoms with E-state index in [4.69, 9.17) is 0 Å². The van der Waals surface area contributed by atoms with Crippen LogP contribution in [0.5, 0.6) is 0 Å². The zero-order valence-electron chi connectivity index (χ0n) is 12.3. The van der Waals surface area contributed by atoms with Crippen molar-refractivity contribution in [1.82, 2.24) is 4.90 Å². The third-order valence-electron chi connectivity index (χ3n) is 2.79. The van der Waals surface area contributed by atoms with E-state index in [1.807, 2.05) is 6.92 Å². The van der Waals surface area contributed by atoms with Gasteiger partial charge in [-0.2, -0.15) is 0 Å². The predicted octanol–water partition coefficient (Wildman–Crippen LogP) is 2.72. The van der Waals surface area contributed by atoms with Crippen molar-refractivity contribution in [1.29, 1.82) is 0 Å². The highest BCUT2D eigenvalue weighted by Gasteiger charge is 2.16. The van der Waals surface area contributed by atoms with Crippen molar-refractivity contribution in [3.63, 3.8) is 0 Å². The molecule has 0 aliphatic rings. The Bertz CT molecular complexity index is 464. The molecular formula is C15H20FNO3S. The summed E-state index contributed by atoms with van der Waals surface area (Å²) in [7, 11) is 1.31. The molecule has 1 rings (SSSR count). The molecule has 0 spiro atoms. The number of rotatable bonds is 8. The number of methoxy groups -OCH3 is 1. The minimum absolute atomic E-state index is 0.00954. The van der Waals surface area contributed by atoms with Gasteiger partial charge in [-0.1, -0.05) is 6.92 Å². The lowest BCUT2D eigenvalue weighted by Gasteiger charge is -2.20. The normalized spacial score (nSPS) is 10.2. The molecule has 1 aromatic rings. The first kappa shape index (κ1) is 17.5. The number of benzene rings is 1. The molecule has 0 saturated carbocycles. The van der Waals surface area contributed by atoms with Gasteiger partial charge in [0.25, 0.3) is 0 Å². The number of carbonyl (C=O) groups is 2. The maximum Gasteiger partial charge on any atom is 0.325 e. The van der Waals surface area contributed by atoms with E-state index in [1.165, 1.54) is 35.9 Å². The molecule has 0 atom stereocenters. The highest BCUT2D eigenvalue weighted by atomic mass is 32.2. The molecule has 1 aromatic carbocycles. The van der Waals surface area contributed by atoms with Gasteiger partial charge >= 0.3 is 5.97 Å². The molecule has 0 bridgehead atoms. The van der Waals surface area contributed by atoms with Crippen molar-refractivity contribution >= 4 is 23.6 Å². The number of esters is 1. The first-order chi connectivity index (χ1) is 10.1. The second-order valence-electron chi connectivity index (χ2n) is 4.44. The summed E-state index contributed by atoms with van der Waals surface area (Å²) in [6, 6.07) is 6.15. The number of halogens is 1. The molecule has 1 amide bonds. The van der Waals surface area contributed by atoms with Crippen LogP contribution in [0.3, 0.4) is 0 Å². The summed E-state index contributed by atoms with van der Waals surface area (Å²) in [6.45, 7) is 2.48. The van der Waals surface area contributed by atoms with Gasteiger partial charge in [-0.3, -0.25) is 9.59 Å². The van der Waals surface area contributed by atoms with Crippen molar-refractivity contribution in [3.05, 3.63) is 30.1 Å². The quantitative estimate of drug-likeness (QED) is 0.547. The number of carbonyl (C=O) groups excluding carboxylic acids is 2. The highest BCUT2D eigenvalue weighted by molar-refractivity contribution is 7.99. The van der Waals surface area contributed by atoms with Crippen LogP contribution in [0.25, 0.3) is 0 Å². The van der Waals surface area contributed by atoms with E-state index >= 15 is 0 Å². The Morgan fingerprint density at radius 2 is 1.95 bits per heavy atom. The van der Waals surface area contributed by atoms with Crippen LogP contribution in [0.4, 0.5) is 4.39 Å². The number of amides is 1. The minimum Gasteiger partial charge on any atom is -0.468 e. The standard InChI is InChI=1S/C15H20FNO3S/c1-3-9-17(11-15(19)20-2)14(18)8-10-21-13-6-4-12(16)5-7-13/h4-7H,3,8-11H2,1-2H3. The van der Waals surface area contributed by atoms with Crippen LogP contribution >= 0.6 is 11.8 Å². The van der Waals surface area contributed by atoms with Gasteiger partial charge in [0.05, 0.1) is 7.11 Å². The minimum atomic E-state index is -0.414. The second-order valence-corrected chi connectivity index (χ2v) is 5.61. The maximum absolute atomic E-state index is 12.8. The van der Waals surface area contributed by atoms with Gasteiger partial charge in [-0.15, -0.1) is 11.8 Å². The zero-order chi connectivity index (χ0) is 15.7. The first-order valence-corrected chi connectivity index (χ1v) is 7.78. The Labute approximate surface area is 128 Å². The molecule has 0 fully saturated rings. The van der Waals surface area contributed by atoms with Gasteiger partial charge in [-0.25, -0.2) is 4.39 Å². The summed E-state index contributed by atoms with van der Waals surface area (Å²) in [6.07, 6.45) is 1.12. The molecule has 6 heteroatoms. The Morgan fingerprint density at radius 3 is 2.52 bits per heavy atom. The number of hydrogen-bond acceptors (Lipinski definition) is 4. The van der Waals surface area contributed by atoms with E-state index in [2.05, 4.69) is 4.74 Å². The van der Waals surface area contributed by atoms with Crippen LogP contribution in [0.2, 0.25) is 0 Å². The van der Waals surface area contributed by atoms with Crippen LogP contribution in [0.15, 0.2) is 29.2 Å². The molecule has 0 radical (unpaired) electrons. The average molecular weight is 313 g/mol. The van der Waals surface area contributed by atoms with Crippen LogP contribution in [0.1, 0.15) is 19.8 Å². The Balaban J connectivity index is 2.42. The second kappa shape index (κ2) is 9.39. The predicted molar refractivity (Wildman–Crippen MR) is 80.6 cm³/mol. The summed E-state index contributed by atoms with van der Waals surface area (Å²) in [5.41, 5.74) is 0. The summed E-state index contributed by atoms with van der Waals surface area (Å²) in [5, 5.41) is 0. The first-order valence-electron chi connectivity index (χ1n) is 6.79. The van der Waals surface area contributed by atoms with E-state index in [9.17, 15) is 14.0 Å². The molecular weight excluding hydrogens is 293 g/mol. The fourth-order valence-corrected chi connectivity index (χ4v) is 2.57. The monoisotopic (exact) mass is 313 g/mol. The molecule has 0 unspecified atom stereocenters. The maximum atomic E-state index is 12.8. The number of thioether (sulfide) groups is 1. The van der Waals surface area contributed by atoms with Gasteiger partial charge in [-0.05, 0) is 30.7 Å². The third-order valence-corrected chi connectivity index (χ3v) is 3.81. The molecule has 0 aromatic heterocycles. The van der Waals surface area contributed by atoms with Crippen molar-refractivity contribution in [3.8, 4) is 0 Å². The molecule has 21 heavy (non-hydrogen) atoms. The van der Waals surface area contributed by atoms with Gasteiger partial charge in [0.2, 0.25) is 5.91 Å². The lowest BCUT2D eigenvalue weighted by molar-refractivity contribution is -0.146. The topological polar surface area (TPSA) is 46.6 Å². The van der Waals surface area contributed by atoms with Gasteiger partial charge in [0.1, 0.15) is 12.4 Å². The SMILES string of the molecule is CCCN(CC(=O)OC)C(=O)CCSc1ccc(F)cc1. The number of hydrogen-bond donors (Lipinski definition) is 0. The zero-order valence-corrected chi connectivity index (χ0v) is 13.1. The molecule has 4 nitrogen and oxygen atoms in total. The smallest absolute Gasteiger partial charge is 0.325 e. The van der Waals surface area contributed by atoms with Crippen molar-refractivity contribution in [2.75, 3.05) is 26.0 Å². The van der Waals surface area contributed by atoms with Crippen molar-refractivity contribution in [2.45, 2.75) is 24.7 Å². The number of nitrogens with zero attached hydrogens (tertiary/aromatic N) is 1. The Morgan fingerprint density at radius 1 is 1.29 bits per heavy atom. The van der Waals surface area contributed by atoms with E-state index in [0.717, 1.165) is 11.3 Å². The van der Waals surface area contributed by atoms with E-state index < -0.39 is 5.97 Å². The van der Waals surface area contributed by atoms with Crippen LogP contribution in [-0.2, 0) is 14.3 Å². The largest absolute Gasteiger partial charge is 0.468 e. The molecule has 0 saturated heterocycles. The van der Waals surface area contributed by atoms with Gasteiger partial charge in [0.15, 0.2) is 0 Å². The summed E-state index contributed by atoms with van der Waals surface area (Å²) in [5.74, 6) is -0.172. The van der Waals surface area contributed by atoms with Gasteiger partial charge in [0, 0.05) is 23.6 Å². The Kier molecular flexibility index (Phi) is 7.82. The van der Waals surface area contributed by atoms with Crippen molar-refractivity contribution < 1.29 is 18.7 Å². The third kappa shape index (κ3) is 6.62. The lowest BCUT2D eigenvalue weighted by atomic mass is 10.3. The average Bonchev–Trinajstić information content (AvgIpc) is 2.48.